The highest BCUT2D eigenvalue weighted by Gasteiger charge is 2.11. The lowest BCUT2D eigenvalue weighted by atomic mass is 10.3. The zero-order valence-electron chi connectivity index (χ0n) is 9.40. The number of nitrogens with zero attached hydrogens (tertiary/aromatic N) is 1. The Balaban J connectivity index is 2.70. The van der Waals surface area contributed by atoms with Crippen LogP contribution in [0.5, 0.6) is 0 Å². The van der Waals surface area contributed by atoms with Gasteiger partial charge in [0.05, 0.1) is 7.11 Å². The van der Waals surface area contributed by atoms with Gasteiger partial charge in [0.2, 0.25) is 0 Å². The summed E-state index contributed by atoms with van der Waals surface area (Å²) in [6.07, 6.45) is 0.685. The van der Waals surface area contributed by atoms with E-state index in [1.807, 2.05) is 0 Å². The summed E-state index contributed by atoms with van der Waals surface area (Å²) >= 11 is 5.49. The lowest BCUT2D eigenvalue weighted by molar-refractivity contribution is 0.0594. The third-order valence-electron chi connectivity index (χ3n) is 1.97. The predicted molar refractivity (Wildman–Crippen MR) is 63.2 cm³/mol. The molecule has 0 saturated carbocycles. The van der Waals surface area contributed by atoms with Gasteiger partial charge in [-0.05, 0) is 18.6 Å². The topological polar surface area (TPSA) is 68.3 Å². The summed E-state index contributed by atoms with van der Waals surface area (Å²) in [4.78, 5) is 26.7. The first-order valence-corrected chi connectivity index (χ1v) is 5.62. The molecule has 0 bridgehead atoms. The van der Waals surface area contributed by atoms with E-state index in [-0.39, 0.29) is 17.3 Å². The summed E-state index contributed by atoms with van der Waals surface area (Å²) in [5.41, 5.74) is 0.292. The van der Waals surface area contributed by atoms with E-state index >= 15 is 0 Å². The number of ether oxygens (including phenoxy) is 1. The van der Waals surface area contributed by atoms with E-state index in [9.17, 15) is 9.59 Å². The Morgan fingerprint density at radius 3 is 2.76 bits per heavy atom. The second-order valence-electron chi connectivity index (χ2n) is 3.20. The fourth-order valence-corrected chi connectivity index (χ4v) is 1.27. The zero-order chi connectivity index (χ0) is 12.7. The van der Waals surface area contributed by atoms with Crippen molar-refractivity contribution in [2.24, 2.45) is 0 Å². The number of esters is 1. The van der Waals surface area contributed by atoms with Gasteiger partial charge in [-0.2, -0.15) is 0 Å². The number of carbonyl (C=O) groups excluding carboxylic acids is 2. The maximum Gasteiger partial charge on any atom is 0.356 e. The molecule has 0 saturated heterocycles. The van der Waals surface area contributed by atoms with Gasteiger partial charge in [-0.15, -0.1) is 11.6 Å². The minimum atomic E-state index is -0.569. The number of pyridine rings is 1. The Labute approximate surface area is 104 Å². The van der Waals surface area contributed by atoms with E-state index in [1.54, 1.807) is 6.07 Å². The smallest absolute Gasteiger partial charge is 0.356 e. The molecule has 0 unspecified atom stereocenters. The van der Waals surface area contributed by atoms with Crippen LogP contribution in [0.4, 0.5) is 0 Å². The van der Waals surface area contributed by atoms with Crippen molar-refractivity contribution in [3.05, 3.63) is 29.6 Å². The number of aromatic nitrogens is 1. The van der Waals surface area contributed by atoms with Gasteiger partial charge in [-0.1, -0.05) is 6.07 Å². The summed E-state index contributed by atoms with van der Waals surface area (Å²) < 4.78 is 4.52. The Bertz CT molecular complexity index is 409. The van der Waals surface area contributed by atoms with Crippen LogP contribution in [0.3, 0.4) is 0 Å². The summed E-state index contributed by atoms with van der Waals surface area (Å²) in [5.74, 6) is -0.420. The Hall–Kier alpha value is -1.62. The van der Waals surface area contributed by atoms with Gasteiger partial charge in [0.15, 0.2) is 0 Å². The van der Waals surface area contributed by atoms with Gasteiger partial charge in [0, 0.05) is 12.4 Å². The molecule has 0 aliphatic rings. The maximum absolute atomic E-state index is 11.6. The molecule has 0 spiro atoms. The van der Waals surface area contributed by atoms with Crippen LogP contribution in [-0.2, 0) is 4.74 Å². The molecule has 0 fully saturated rings. The molecule has 1 N–H and O–H groups in total. The SMILES string of the molecule is COC(=O)c1cccc(C(=O)NCCCCl)n1. The highest BCUT2D eigenvalue weighted by molar-refractivity contribution is 6.17. The van der Waals surface area contributed by atoms with Crippen LogP contribution in [0, 0.1) is 0 Å². The van der Waals surface area contributed by atoms with Gasteiger partial charge in [0.25, 0.3) is 5.91 Å². The molecule has 0 aliphatic heterocycles. The summed E-state index contributed by atoms with van der Waals surface area (Å²) in [6, 6.07) is 4.60. The third kappa shape index (κ3) is 4.03. The molecule has 1 aromatic heterocycles. The van der Waals surface area contributed by atoms with Crippen LogP contribution in [0.25, 0.3) is 0 Å². The molecule has 0 radical (unpaired) electrons. The lowest BCUT2D eigenvalue weighted by Gasteiger charge is -2.04. The van der Waals surface area contributed by atoms with Gasteiger partial charge < -0.3 is 10.1 Å². The predicted octanol–water partition coefficient (Wildman–Crippen LogP) is 1.23. The molecular formula is C11H13ClN2O3. The first-order chi connectivity index (χ1) is 8.19. The molecule has 92 valence electrons. The second-order valence-corrected chi connectivity index (χ2v) is 3.58. The molecule has 1 amide bonds. The van der Waals surface area contributed by atoms with Crippen molar-refractivity contribution in [3.63, 3.8) is 0 Å². The van der Waals surface area contributed by atoms with Crippen molar-refractivity contribution >= 4 is 23.5 Å². The first-order valence-electron chi connectivity index (χ1n) is 5.08. The van der Waals surface area contributed by atoms with Crippen LogP contribution in [0.1, 0.15) is 27.4 Å². The van der Waals surface area contributed by atoms with Crippen LogP contribution in [-0.4, -0.2) is 36.4 Å². The minimum Gasteiger partial charge on any atom is -0.464 e. The molecule has 6 heteroatoms. The standard InChI is InChI=1S/C11H13ClN2O3/c1-17-11(16)9-5-2-4-8(14-9)10(15)13-7-3-6-12/h2,4-5H,3,6-7H2,1H3,(H,13,15). The average molecular weight is 257 g/mol. The molecule has 5 nitrogen and oxygen atoms in total. The van der Waals surface area contributed by atoms with Crippen molar-refractivity contribution < 1.29 is 14.3 Å². The number of halogens is 1. The molecule has 1 rings (SSSR count). The fourth-order valence-electron chi connectivity index (χ4n) is 1.14. The number of methoxy groups -OCH3 is 1. The van der Waals surface area contributed by atoms with Crippen LogP contribution >= 0.6 is 11.6 Å². The largest absolute Gasteiger partial charge is 0.464 e. The summed E-state index contributed by atoms with van der Waals surface area (Å²) in [6.45, 7) is 0.479. The molecule has 1 aromatic rings. The minimum absolute atomic E-state index is 0.109. The van der Waals surface area contributed by atoms with Gasteiger partial charge in [-0.25, -0.2) is 9.78 Å². The van der Waals surface area contributed by atoms with Crippen molar-refractivity contribution in [1.82, 2.24) is 10.3 Å². The quantitative estimate of drug-likeness (QED) is 0.489. The third-order valence-corrected chi connectivity index (χ3v) is 2.24. The van der Waals surface area contributed by atoms with Crippen molar-refractivity contribution in [3.8, 4) is 0 Å². The lowest BCUT2D eigenvalue weighted by Crippen LogP contribution is -2.26. The van der Waals surface area contributed by atoms with Gasteiger partial charge in [0.1, 0.15) is 11.4 Å². The summed E-state index contributed by atoms with van der Waals surface area (Å²) in [7, 11) is 1.26. The van der Waals surface area contributed by atoms with E-state index < -0.39 is 5.97 Å². The highest BCUT2D eigenvalue weighted by Crippen LogP contribution is 2.01. The number of carbonyl (C=O) groups is 2. The van der Waals surface area contributed by atoms with Crippen LogP contribution in [0.2, 0.25) is 0 Å². The molecule has 1 heterocycles. The van der Waals surface area contributed by atoms with E-state index in [0.717, 1.165) is 0 Å². The maximum atomic E-state index is 11.6. The molecule has 0 atom stereocenters. The van der Waals surface area contributed by atoms with Gasteiger partial charge >= 0.3 is 5.97 Å². The number of amides is 1. The van der Waals surface area contributed by atoms with E-state index in [0.29, 0.717) is 18.8 Å². The fraction of sp³-hybridized carbons (Fsp3) is 0.364. The van der Waals surface area contributed by atoms with E-state index in [2.05, 4.69) is 15.0 Å². The van der Waals surface area contributed by atoms with Gasteiger partial charge in [-0.3, -0.25) is 4.79 Å². The monoisotopic (exact) mass is 256 g/mol. The number of alkyl halides is 1. The molecule has 0 aromatic carbocycles. The van der Waals surface area contributed by atoms with Crippen molar-refractivity contribution in [1.29, 1.82) is 0 Å². The second kappa shape index (κ2) is 6.85. The first kappa shape index (κ1) is 13.4. The van der Waals surface area contributed by atoms with Crippen molar-refractivity contribution in [2.45, 2.75) is 6.42 Å². The van der Waals surface area contributed by atoms with E-state index in [4.69, 9.17) is 11.6 Å². The van der Waals surface area contributed by atoms with Crippen molar-refractivity contribution in [2.75, 3.05) is 19.5 Å². The zero-order valence-corrected chi connectivity index (χ0v) is 10.2. The summed E-state index contributed by atoms with van der Waals surface area (Å²) in [5, 5.41) is 2.65. The number of rotatable bonds is 5. The Morgan fingerprint density at radius 2 is 2.12 bits per heavy atom. The Kier molecular flexibility index (Phi) is 5.42. The average Bonchev–Trinajstić information content (AvgIpc) is 2.38. The number of hydrogen-bond donors (Lipinski definition) is 1. The van der Waals surface area contributed by atoms with Crippen LogP contribution < -0.4 is 5.32 Å². The highest BCUT2D eigenvalue weighted by atomic mass is 35.5. The van der Waals surface area contributed by atoms with E-state index in [1.165, 1.54) is 19.2 Å². The molecule has 17 heavy (non-hydrogen) atoms. The number of nitrogens with one attached hydrogen (secondary N) is 1. The van der Waals surface area contributed by atoms with Crippen LogP contribution in [0.15, 0.2) is 18.2 Å². The molecule has 0 aliphatic carbocycles. The molecular weight excluding hydrogens is 244 g/mol. The normalized spacial score (nSPS) is 9.76. The number of hydrogen-bond acceptors (Lipinski definition) is 4. The Morgan fingerprint density at radius 1 is 1.41 bits per heavy atom.